The Morgan fingerprint density at radius 3 is 2.82 bits per heavy atom. The van der Waals surface area contributed by atoms with Crippen LogP contribution in [0.2, 0.25) is 0 Å². The molecule has 0 bridgehead atoms. The van der Waals surface area contributed by atoms with E-state index in [-0.39, 0.29) is 0 Å². The Bertz CT molecular complexity index is 879. The van der Waals surface area contributed by atoms with Crippen molar-refractivity contribution in [1.82, 2.24) is 5.32 Å². The summed E-state index contributed by atoms with van der Waals surface area (Å²) in [7, 11) is 0. The molecule has 5 unspecified atom stereocenters. The first-order valence-electron chi connectivity index (χ1n) is 10.9. The third kappa shape index (κ3) is 2.83. The second-order valence-electron chi connectivity index (χ2n) is 9.49. The van der Waals surface area contributed by atoms with E-state index in [1.165, 1.54) is 36.8 Å². The fraction of sp³-hybridized carbons (Fsp3) is 0.520. The molecule has 2 aromatic rings. The minimum absolute atomic E-state index is 0.347. The van der Waals surface area contributed by atoms with Crippen LogP contribution in [-0.4, -0.2) is 16.3 Å². The minimum atomic E-state index is 0.347. The second-order valence-corrected chi connectivity index (χ2v) is 9.49. The fourth-order valence-electron chi connectivity index (χ4n) is 6.79. The molecule has 0 radical (unpaired) electrons. The summed E-state index contributed by atoms with van der Waals surface area (Å²) in [5.41, 5.74) is 4.15. The zero-order valence-corrected chi connectivity index (χ0v) is 16.7. The lowest BCUT2D eigenvalue weighted by molar-refractivity contribution is 0.0219. The Morgan fingerprint density at radius 2 is 1.96 bits per heavy atom. The topological polar surface area (TPSA) is 52.5 Å². The predicted octanol–water partition coefficient (Wildman–Crippen LogP) is 5.11. The van der Waals surface area contributed by atoms with E-state index in [1.54, 1.807) is 6.07 Å². The summed E-state index contributed by atoms with van der Waals surface area (Å²) in [6, 6.07) is 14.2. The number of benzene rings is 2. The number of hydrogen-bond donors (Lipinski definition) is 3. The van der Waals surface area contributed by atoms with Crippen molar-refractivity contribution in [2.75, 3.05) is 0 Å². The van der Waals surface area contributed by atoms with E-state index >= 15 is 0 Å². The molecule has 0 aromatic heterocycles. The van der Waals surface area contributed by atoms with Crippen LogP contribution in [0.3, 0.4) is 0 Å². The Morgan fingerprint density at radius 1 is 1.11 bits per heavy atom. The molecule has 3 heteroatoms. The lowest BCUT2D eigenvalue weighted by Gasteiger charge is -2.53. The summed E-state index contributed by atoms with van der Waals surface area (Å²) in [6.07, 6.45) is 7.51. The molecular weight excluding hydrogens is 346 g/mol. The fourth-order valence-corrected chi connectivity index (χ4v) is 6.79. The lowest BCUT2D eigenvalue weighted by Crippen LogP contribution is -2.53. The average molecular weight is 378 g/mol. The maximum absolute atomic E-state index is 10.2. The second kappa shape index (κ2) is 6.81. The van der Waals surface area contributed by atoms with Crippen molar-refractivity contribution < 1.29 is 10.2 Å². The maximum Gasteiger partial charge on any atom is 0.120 e. The zero-order valence-electron chi connectivity index (χ0n) is 16.7. The Hall–Kier alpha value is -2.00. The van der Waals surface area contributed by atoms with Gasteiger partial charge in [0.25, 0.3) is 0 Å². The van der Waals surface area contributed by atoms with Crippen molar-refractivity contribution in [1.29, 1.82) is 0 Å². The third-order valence-electron chi connectivity index (χ3n) is 8.20. The highest BCUT2D eigenvalue weighted by Gasteiger charge is 2.54. The first-order valence-corrected chi connectivity index (χ1v) is 10.9. The zero-order chi connectivity index (χ0) is 19.3. The molecule has 28 heavy (non-hydrogen) atoms. The molecule has 148 valence electrons. The van der Waals surface area contributed by atoms with Crippen molar-refractivity contribution in [3.63, 3.8) is 0 Å². The summed E-state index contributed by atoms with van der Waals surface area (Å²) >= 11 is 0. The summed E-state index contributed by atoms with van der Waals surface area (Å²) in [6.45, 7) is 3.23. The van der Waals surface area contributed by atoms with Crippen LogP contribution in [-0.2, 0) is 13.0 Å². The monoisotopic (exact) mass is 377 g/mol. The molecule has 5 atom stereocenters. The quantitative estimate of drug-likeness (QED) is 0.696. The highest BCUT2D eigenvalue weighted by atomic mass is 16.3. The molecule has 0 spiro atoms. The van der Waals surface area contributed by atoms with Crippen molar-refractivity contribution in [2.24, 2.45) is 17.3 Å². The smallest absolute Gasteiger partial charge is 0.120 e. The van der Waals surface area contributed by atoms with Crippen molar-refractivity contribution >= 4 is 0 Å². The van der Waals surface area contributed by atoms with Crippen molar-refractivity contribution in [3.8, 4) is 11.5 Å². The van der Waals surface area contributed by atoms with Gasteiger partial charge < -0.3 is 15.5 Å². The number of aromatic hydroxyl groups is 2. The number of phenols is 2. The Balaban J connectivity index is 1.44. The Kier molecular flexibility index (Phi) is 4.39. The van der Waals surface area contributed by atoms with Crippen LogP contribution >= 0.6 is 0 Å². The van der Waals surface area contributed by atoms with Gasteiger partial charge >= 0.3 is 0 Å². The minimum Gasteiger partial charge on any atom is -0.508 e. The molecule has 2 aromatic carbocycles. The predicted molar refractivity (Wildman–Crippen MR) is 111 cm³/mol. The van der Waals surface area contributed by atoms with Gasteiger partial charge in [-0.1, -0.05) is 37.6 Å². The van der Waals surface area contributed by atoms with Crippen molar-refractivity contribution in [2.45, 2.75) is 64.0 Å². The van der Waals surface area contributed by atoms with Crippen LogP contribution in [0.1, 0.15) is 61.6 Å². The molecule has 3 aliphatic carbocycles. The van der Waals surface area contributed by atoms with E-state index in [0.717, 1.165) is 36.8 Å². The third-order valence-corrected chi connectivity index (χ3v) is 8.20. The Labute approximate surface area is 167 Å². The number of fused-ring (bicyclic) bond motifs is 5. The molecule has 3 aliphatic rings. The van der Waals surface area contributed by atoms with E-state index in [0.29, 0.717) is 28.9 Å². The van der Waals surface area contributed by atoms with Gasteiger partial charge in [0.15, 0.2) is 0 Å². The van der Waals surface area contributed by atoms with E-state index in [9.17, 15) is 10.2 Å². The molecular formula is C25H31NO2. The van der Waals surface area contributed by atoms with Gasteiger partial charge in [-0.2, -0.15) is 0 Å². The molecule has 2 saturated carbocycles. The van der Waals surface area contributed by atoms with Gasteiger partial charge in [0.1, 0.15) is 11.5 Å². The first-order chi connectivity index (χ1) is 13.6. The number of hydrogen-bond acceptors (Lipinski definition) is 3. The molecule has 0 heterocycles. The van der Waals surface area contributed by atoms with Gasteiger partial charge in [-0.25, -0.2) is 0 Å². The van der Waals surface area contributed by atoms with E-state index in [2.05, 4.69) is 18.3 Å². The molecule has 0 aliphatic heterocycles. The summed E-state index contributed by atoms with van der Waals surface area (Å²) in [5, 5.41) is 24.0. The molecule has 3 nitrogen and oxygen atoms in total. The van der Waals surface area contributed by atoms with Gasteiger partial charge in [0.2, 0.25) is 0 Å². The van der Waals surface area contributed by atoms with E-state index in [1.807, 2.05) is 30.3 Å². The number of rotatable bonds is 3. The standard InChI is InChI=1S/C25H31NO2/c1-25-12-4-6-22(25)20-10-8-16-13-18(27)9-11-19(16)21(20)14-24(25)26-15-17-5-2-3-7-23(17)28/h2-3,5,7,9,11,13,20-22,24,26-28H,4,6,8,10,12,14-15H2,1H3. The number of aryl methyl sites for hydroxylation is 1. The van der Waals surface area contributed by atoms with Gasteiger partial charge in [0.05, 0.1) is 0 Å². The van der Waals surface area contributed by atoms with Crippen LogP contribution in [0.25, 0.3) is 0 Å². The van der Waals surface area contributed by atoms with E-state index < -0.39 is 0 Å². The molecule has 5 rings (SSSR count). The number of phenolic OH excluding ortho intramolecular Hbond substituents is 2. The largest absolute Gasteiger partial charge is 0.508 e. The summed E-state index contributed by atoms with van der Waals surface area (Å²) in [5.74, 6) is 2.91. The lowest BCUT2D eigenvalue weighted by atomic mass is 9.54. The SMILES string of the molecule is CC12CCCC1C1CCc3cc(O)ccc3C1CC2NCc1ccccc1O. The van der Waals surface area contributed by atoms with Crippen LogP contribution in [0.5, 0.6) is 11.5 Å². The normalized spacial score (nSPS) is 33.8. The van der Waals surface area contributed by atoms with Gasteiger partial charge in [-0.3, -0.25) is 0 Å². The number of nitrogens with one attached hydrogen (secondary N) is 1. The molecule has 0 amide bonds. The van der Waals surface area contributed by atoms with Crippen LogP contribution in [0.4, 0.5) is 0 Å². The van der Waals surface area contributed by atoms with E-state index in [4.69, 9.17) is 0 Å². The molecule has 3 N–H and O–H groups in total. The summed E-state index contributed by atoms with van der Waals surface area (Å²) in [4.78, 5) is 0. The van der Waals surface area contributed by atoms with Gasteiger partial charge in [-0.15, -0.1) is 0 Å². The molecule has 2 fully saturated rings. The average Bonchev–Trinajstić information content (AvgIpc) is 3.09. The first kappa shape index (κ1) is 18.1. The van der Waals surface area contributed by atoms with Crippen LogP contribution in [0.15, 0.2) is 42.5 Å². The molecule has 0 saturated heterocycles. The maximum atomic E-state index is 10.2. The summed E-state index contributed by atoms with van der Waals surface area (Å²) < 4.78 is 0. The van der Waals surface area contributed by atoms with Crippen LogP contribution in [0, 0.1) is 17.3 Å². The van der Waals surface area contributed by atoms with Crippen LogP contribution < -0.4 is 5.32 Å². The number of para-hydroxylation sites is 1. The van der Waals surface area contributed by atoms with Gasteiger partial charge in [0, 0.05) is 18.2 Å². The van der Waals surface area contributed by atoms with Crippen molar-refractivity contribution in [3.05, 3.63) is 59.2 Å². The van der Waals surface area contributed by atoms with Gasteiger partial charge in [-0.05, 0) is 84.6 Å². The highest BCUT2D eigenvalue weighted by Crippen LogP contribution is 2.61. The highest BCUT2D eigenvalue weighted by molar-refractivity contribution is 5.40.